The van der Waals surface area contributed by atoms with Crippen molar-refractivity contribution in [2.45, 2.75) is 45.6 Å². The van der Waals surface area contributed by atoms with E-state index in [1.807, 2.05) is 50.2 Å². The predicted octanol–water partition coefficient (Wildman–Crippen LogP) is 6.20. The molecule has 3 aromatic carbocycles. The molecule has 0 unspecified atom stereocenters. The molecule has 0 spiro atoms. The van der Waals surface area contributed by atoms with E-state index >= 15 is 0 Å². The molecule has 2 atom stereocenters. The lowest BCUT2D eigenvalue weighted by atomic mass is 9.94. The first-order chi connectivity index (χ1) is 20.4. The number of nitrogens with zero attached hydrogens (tertiary/aromatic N) is 1. The summed E-state index contributed by atoms with van der Waals surface area (Å²) in [6, 6.07) is 23.0. The van der Waals surface area contributed by atoms with Crippen molar-refractivity contribution in [3.05, 3.63) is 119 Å². The zero-order valence-electron chi connectivity index (χ0n) is 23.4. The molecule has 8 nitrogen and oxygen atoms in total. The minimum atomic E-state index is -0.888. The van der Waals surface area contributed by atoms with E-state index in [1.54, 1.807) is 42.5 Å². The van der Waals surface area contributed by atoms with Gasteiger partial charge >= 0.3 is 0 Å². The fourth-order valence-electron chi connectivity index (χ4n) is 5.50. The number of aliphatic hydroxyl groups excluding tert-OH is 1. The normalized spacial score (nSPS) is 19.0. The molecule has 2 aliphatic rings. The number of likely N-dealkylation sites (tertiary alicyclic amines) is 1. The third-order valence-corrected chi connectivity index (χ3v) is 7.44. The van der Waals surface area contributed by atoms with Gasteiger partial charge in [0.15, 0.2) is 11.5 Å². The fraction of sp³-hybridized carbons (Fsp3) is 0.235. The summed E-state index contributed by atoms with van der Waals surface area (Å²) in [6.07, 6.45) is 2.23. The van der Waals surface area contributed by atoms with Gasteiger partial charge in [-0.3, -0.25) is 9.59 Å². The summed E-state index contributed by atoms with van der Waals surface area (Å²) in [5, 5.41) is 11.6. The van der Waals surface area contributed by atoms with Gasteiger partial charge in [-0.05, 0) is 73.0 Å². The Kier molecular flexibility index (Phi) is 7.44. The van der Waals surface area contributed by atoms with E-state index in [0.717, 1.165) is 16.9 Å². The summed E-state index contributed by atoms with van der Waals surface area (Å²) in [5.41, 5.74) is 2.98. The minimum absolute atomic E-state index is 0.00104. The molecule has 0 aliphatic carbocycles. The van der Waals surface area contributed by atoms with Crippen molar-refractivity contribution >= 4 is 17.4 Å². The zero-order valence-corrected chi connectivity index (χ0v) is 23.4. The third-order valence-electron chi connectivity index (χ3n) is 7.44. The van der Waals surface area contributed by atoms with Crippen LogP contribution in [0.2, 0.25) is 0 Å². The van der Waals surface area contributed by atoms with Gasteiger partial charge in [0.1, 0.15) is 30.0 Å². The molecule has 4 aromatic rings. The highest BCUT2D eigenvalue weighted by molar-refractivity contribution is 6.46. The van der Waals surface area contributed by atoms with Crippen molar-refractivity contribution in [2.75, 3.05) is 6.61 Å². The van der Waals surface area contributed by atoms with Crippen LogP contribution in [-0.4, -0.2) is 34.4 Å². The van der Waals surface area contributed by atoms with Gasteiger partial charge in [0, 0.05) is 12.0 Å². The number of furan rings is 1. The molecule has 6 rings (SSSR count). The summed E-state index contributed by atoms with van der Waals surface area (Å²) in [6.45, 7) is 4.62. The van der Waals surface area contributed by atoms with Crippen LogP contribution < -0.4 is 14.2 Å². The van der Waals surface area contributed by atoms with Crippen LogP contribution >= 0.6 is 0 Å². The summed E-state index contributed by atoms with van der Waals surface area (Å²) in [4.78, 5) is 28.4. The Labute approximate surface area is 243 Å². The Morgan fingerprint density at radius 3 is 2.57 bits per heavy atom. The van der Waals surface area contributed by atoms with Gasteiger partial charge < -0.3 is 28.6 Å². The number of amides is 1. The lowest BCUT2D eigenvalue weighted by Crippen LogP contribution is -2.29. The Hall–Kier alpha value is -4.98. The molecule has 8 heteroatoms. The predicted molar refractivity (Wildman–Crippen MR) is 155 cm³/mol. The monoisotopic (exact) mass is 565 g/mol. The number of rotatable bonds is 9. The zero-order chi connectivity index (χ0) is 29.2. The fourth-order valence-corrected chi connectivity index (χ4v) is 5.50. The van der Waals surface area contributed by atoms with Crippen molar-refractivity contribution < 1.29 is 33.3 Å². The molecule has 0 saturated carbocycles. The van der Waals surface area contributed by atoms with E-state index in [4.69, 9.17) is 18.6 Å². The van der Waals surface area contributed by atoms with E-state index in [9.17, 15) is 14.7 Å². The maximum atomic E-state index is 13.5. The first-order valence-corrected chi connectivity index (χ1v) is 14.0. The Balaban J connectivity index is 1.42. The number of ketones is 1. The number of Topliss-reactive ketones (excluding diaryl/α,β-unsaturated/α-hetero) is 1. The standard InChI is InChI=1S/C34H31NO7/c1-3-39-29-18-23(11-14-28(29)41-20-22-8-5-4-6-9-22)31-30(33(37)34(38)35(31)19-26-10-7-15-40-26)32(36)24-12-13-27-25(17-24)16-21(2)42-27/h4-15,17-18,21,31,36H,3,16,19-20H2,1-2H3/t21-,31+/m1/s1. The topological polar surface area (TPSA) is 98.4 Å². The highest BCUT2D eigenvalue weighted by Gasteiger charge is 2.46. The van der Waals surface area contributed by atoms with Crippen molar-refractivity contribution in [1.82, 2.24) is 4.90 Å². The molecular weight excluding hydrogens is 534 g/mol. The van der Waals surface area contributed by atoms with Crippen LogP contribution in [0.25, 0.3) is 5.76 Å². The second kappa shape index (κ2) is 11.5. The third kappa shape index (κ3) is 5.23. The number of hydrogen-bond acceptors (Lipinski definition) is 7. The molecule has 42 heavy (non-hydrogen) atoms. The summed E-state index contributed by atoms with van der Waals surface area (Å²) in [5.74, 6) is 0.526. The molecule has 1 fully saturated rings. The first-order valence-electron chi connectivity index (χ1n) is 14.0. The number of carbonyl (C=O) groups excluding carboxylic acids is 2. The number of fused-ring (bicyclic) bond motifs is 1. The van der Waals surface area contributed by atoms with Gasteiger partial charge in [0.05, 0.1) is 31.0 Å². The summed E-state index contributed by atoms with van der Waals surface area (Å²) >= 11 is 0. The number of aliphatic hydroxyl groups is 1. The molecule has 3 heterocycles. The lowest BCUT2D eigenvalue weighted by Gasteiger charge is -2.25. The maximum absolute atomic E-state index is 13.5. The second-order valence-electron chi connectivity index (χ2n) is 10.4. The van der Waals surface area contributed by atoms with E-state index in [1.165, 1.54) is 11.2 Å². The van der Waals surface area contributed by atoms with Crippen LogP contribution in [0.15, 0.2) is 95.1 Å². The Morgan fingerprint density at radius 1 is 0.976 bits per heavy atom. The van der Waals surface area contributed by atoms with Crippen LogP contribution in [0.4, 0.5) is 0 Å². The molecule has 1 N–H and O–H groups in total. The molecule has 0 bridgehead atoms. The molecule has 0 radical (unpaired) electrons. The Bertz CT molecular complexity index is 1640. The number of hydrogen-bond donors (Lipinski definition) is 1. The first kappa shape index (κ1) is 27.2. The van der Waals surface area contributed by atoms with Crippen LogP contribution in [0, 0.1) is 0 Å². The largest absolute Gasteiger partial charge is 0.507 e. The van der Waals surface area contributed by atoms with Gasteiger partial charge in [-0.25, -0.2) is 0 Å². The van der Waals surface area contributed by atoms with Crippen molar-refractivity contribution in [3.63, 3.8) is 0 Å². The average Bonchev–Trinajstić information content (AvgIpc) is 3.71. The molecular formula is C34H31NO7. The molecule has 214 valence electrons. The minimum Gasteiger partial charge on any atom is -0.507 e. The second-order valence-corrected chi connectivity index (χ2v) is 10.4. The number of carbonyl (C=O) groups is 2. The summed E-state index contributed by atoms with van der Waals surface area (Å²) in [7, 11) is 0. The average molecular weight is 566 g/mol. The molecule has 2 aliphatic heterocycles. The van der Waals surface area contributed by atoms with Crippen molar-refractivity contribution in [2.24, 2.45) is 0 Å². The highest BCUT2D eigenvalue weighted by atomic mass is 16.5. The van der Waals surface area contributed by atoms with Crippen LogP contribution in [-0.2, 0) is 29.2 Å². The smallest absolute Gasteiger partial charge is 0.296 e. The van der Waals surface area contributed by atoms with E-state index in [0.29, 0.717) is 48.0 Å². The number of ether oxygens (including phenoxy) is 3. The van der Waals surface area contributed by atoms with Gasteiger partial charge in [-0.2, -0.15) is 0 Å². The summed E-state index contributed by atoms with van der Waals surface area (Å²) < 4.78 is 23.3. The van der Waals surface area contributed by atoms with Gasteiger partial charge in [0.2, 0.25) is 0 Å². The molecule has 1 amide bonds. The SMILES string of the molecule is CCOc1cc([C@H]2C(=C(O)c3ccc4c(c3)C[C@@H](C)O4)C(=O)C(=O)N2Cc2ccco2)ccc1OCc1ccccc1. The Morgan fingerprint density at radius 2 is 1.81 bits per heavy atom. The van der Waals surface area contributed by atoms with E-state index in [-0.39, 0.29) is 24.0 Å². The van der Waals surface area contributed by atoms with Crippen LogP contribution in [0.3, 0.4) is 0 Å². The van der Waals surface area contributed by atoms with Gasteiger partial charge in [-0.1, -0.05) is 36.4 Å². The maximum Gasteiger partial charge on any atom is 0.296 e. The highest BCUT2D eigenvalue weighted by Crippen LogP contribution is 2.43. The van der Waals surface area contributed by atoms with Crippen molar-refractivity contribution in [3.8, 4) is 17.2 Å². The van der Waals surface area contributed by atoms with Crippen LogP contribution in [0.5, 0.6) is 17.2 Å². The van der Waals surface area contributed by atoms with Gasteiger partial charge in [-0.15, -0.1) is 0 Å². The lowest BCUT2D eigenvalue weighted by molar-refractivity contribution is -0.140. The molecule has 1 aromatic heterocycles. The van der Waals surface area contributed by atoms with Crippen LogP contribution in [0.1, 0.15) is 47.9 Å². The quantitative estimate of drug-likeness (QED) is 0.147. The van der Waals surface area contributed by atoms with E-state index < -0.39 is 17.7 Å². The molecule has 1 saturated heterocycles. The number of benzene rings is 3. The van der Waals surface area contributed by atoms with Crippen molar-refractivity contribution in [1.29, 1.82) is 0 Å². The van der Waals surface area contributed by atoms with E-state index in [2.05, 4.69) is 0 Å². The van der Waals surface area contributed by atoms with Gasteiger partial charge in [0.25, 0.3) is 11.7 Å².